The number of aromatic nitrogens is 3. The average Bonchev–Trinajstić information content (AvgIpc) is 3.57. The van der Waals surface area contributed by atoms with Gasteiger partial charge in [0.1, 0.15) is 0 Å². The summed E-state index contributed by atoms with van der Waals surface area (Å²) in [6.45, 7) is 0. The highest BCUT2D eigenvalue weighted by Crippen LogP contribution is 2.49. The molecule has 0 unspecified atom stereocenters. The molecule has 0 N–H and O–H groups in total. The van der Waals surface area contributed by atoms with Crippen LogP contribution in [0.15, 0.2) is 164 Å². The monoisotopic (exact) mass is 656 g/mol. The summed E-state index contributed by atoms with van der Waals surface area (Å²) in [6, 6.07) is 55.2. The number of para-hydroxylation sites is 1. The average molecular weight is 657 g/mol. The van der Waals surface area contributed by atoms with E-state index in [0.717, 1.165) is 33.5 Å². The first-order valence-electron chi connectivity index (χ1n) is 16.7. The van der Waals surface area contributed by atoms with Gasteiger partial charge >= 0.3 is 0 Å². The van der Waals surface area contributed by atoms with Crippen LogP contribution in [0.3, 0.4) is 0 Å². The molecule has 0 saturated heterocycles. The molecule has 2 aromatic heterocycles. The maximum absolute atomic E-state index is 4.97. The molecule has 4 nitrogen and oxygen atoms in total. The molecule has 0 atom stereocenters. The standard InChI is InChI=1S/C45H28N4S/c1-4-12-30(13-5-1)43-46-44(31-14-6-2-7-15-31)48-45(47-43)35-19-11-17-32(26-35)33-22-23-37-38-27-34-18-10-16-29-24-25-49(36-20-8-3-9-21-36)41(40(29)34)42(38)50-39(37)28-33/h1-28H. The van der Waals surface area contributed by atoms with Crippen molar-refractivity contribution in [3.63, 3.8) is 0 Å². The van der Waals surface area contributed by atoms with Crippen molar-refractivity contribution in [2.45, 2.75) is 0 Å². The molecule has 9 aromatic rings. The Morgan fingerprint density at radius 1 is 0.460 bits per heavy atom. The van der Waals surface area contributed by atoms with Crippen molar-refractivity contribution in [3.8, 4) is 45.3 Å². The topological polar surface area (TPSA) is 41.9 Å². The number of rotatable bonds is 5. The van der Waals surface area contributed by atoms with Crippen molar-refractivity contribution in [1.82, 2.24) is 15.0 Å². The third kappa shape index (κ3) is 4.79. The second-order valence-corrected chi connectivity index (χ2v) is 13.6. The third-order valence-corrected chi connectivity index (χ3v) is 10.6. The molecule has 3 heterocycles. The summed E-state index contributed by atoms with van der Waals surface area (Å²) < 4.78 is 2.56. The lowest BCUT2D eigenvalue weighted by Gasteiger charge is -2.27. The van der Waals surface area contributed by atoms with Crippen LogP contribution in [-0.4, -0.2) is 15.0 Å². The van der Waals surface area contributed by atoms with Gasteiger partial charge < -0.3 is 4.90 Å². The summed E-state index contributed by atoms with van der Waals surface area (Å²) in [6.07, 6.45) is 4.44. The van der Waals surface area contributed by atoms with Crippen LogP contribution >= 0.6 is 11.3 Å². The van der Waals surface area contributed by atoms with Gasteiger partial charge in [-0.05, 0) is 58.5 Å². The van der Waals surface area contributed by atoms with E-state index in [-0.39, 0.29) is 0 Å². The minimum atomic E-state index is 0.651. The van der Waals surface area contributed by atoms with Crippen LogP contribution in [0.5, 0.6) is 0 Å². The molecule has 1 aliphatic rings. The second-order valence-electron chi connectivity index (χ2n) is 12.5. The largest absolute Gasteiger partial charge is 0.315 e. The number of hydrogen-bond donors (Lipinski definition) is 0. The van der Waals surface area contributed by atoms with E-state index in [2.05, 4.69) is 114 Å². The summed E-state index contributed by atoms with van der Waals surface area (Å²) in [4.78, 5) is 17.2. The maximum atomic E-state index is 4.97. The van der Waals surface area contributed by atoms with E-state index in [1.165, 1.54) is 42.2 Å². The van der Waals surface area contributed by atoms with Crippen molar-refractivity contribution in [1.29, 1.82) is 0 Å². The first kappa shape index (κ1) is 28.6. The third-order valence-electron chi connectivity index (χ3n) is 9.44. The van der Waals surface area contributed by atoms with Crippen molar-refractivity contribution in [3.05, 3.63) is 169 Å². The normalized spacial score (nSPS) is 12.3. The quantitative estimate of drug-likeness (QED) is 0.185. The summed E-state index contributed by atoms with van der Waals surface area (Å²) >= 11 is 1.87. The van der Waals surface area contributed by atoms with Crippen molar-refractivity contribution < 1.29 is 0 Å². The Bertz CT molecular complexity index is 2700. The highest BCUT2D eigenvalue weighted by Gasteiger charge is 2.22. The van der Waals surface area contributed by atoms with Crippen molar-refractivity contribution in [2.75, 3.05) is 4.90 Å². The molecule has 0 fully saturated rings. The molecule has 0 aliphatic carbocycles. The van der Waals surface area contributed by atoms with Crippen molar-refractivity contribution in [2.24, 2.45) is 0 Å². The molecule has 0 saturated carbocycles. The Kier molecular flexibility index (Phi) is 6.64. The van der Waals surface area contributed by atoms with Gasteiger partial charge in [0.05, 0.1) is 10.4 Å². The van der Waals surface area contributed by atoms with Gasteiger partial charge in [0.15, 0.2) is 17.5 Å². The zero-order chi connectivity index (χ0) is 33.0. The Morgan fingerprint density at radius 2 is 1.06 bits per heavy atom. The van der Waals surface area contributed by atoms with Gasteiger partial charge in [-0.25, -0.2) is 15.0 Å². The van der Waals surface area contributed by atoms with Crippen LogP contribution in [0.2, 0.25) is 0 Å². The predicted molar refractivity (Wildman–Crippen MR) is 210 cm³/mol. The van der Waals surface area contributed by atoms with E-state index in [9.17, 15) is 0 Å². The molecule has 7 aromatic carbocycles. The molecule has 10 rings (SSSR count). The number of fused-ring (bicyclic) bond motifs is 4. The number of benzene rings is 7. The number of nitrogens with zero attached hydrogens (tertiary/aromatic N) is 4. The fourth-order valence-electron chi connectivity index (χ4n) is 7.04. The van der Waals surface area contributed by atoms with Gasteiger partial charge in [0.2, 0.25) is 0 Å². The molecule has 234 valence electrons. The summed E-state index contributed by atoms with van der Waals surface area (Å²) in [5.41, 5.74) is 8.81. The molecule has 1 aliphatic heterocycles. The Morgan fingerprint density at radius 3 is 1.78 bits per heavy atom. The zero-order valence-corrected chi connectivity index (χ0v) is 27.7. The molecule has 0 bridgehead atoms. The first-order valence-corrected chi connectivity index (χ1v) is 17.5. The van der Waals surface area contributed by atoms with Crippen LogP contribution in [-0.2, 0) is 0 Å². The minimum absolute atomic E-state index is 0.651. The fraction of sp³-hybridized carbons (Fsp3) is 0. The van der Waals surface area contributed by atoms with E-state index < -0.39 is 0 Å². The van der Waals surface area contributed by atoms with Crippen LogP contribution < -0.4 is 4.90 Å². The summed E-state index contributed by atoms with van der Waals surface area (Å²) in [7, 11) is 0. The molecule has 5 heteroatoms. The maximum Gasteiger partial charge on any atom is 0.164 e. The predicted octanol–water partition coefficient (Wildman–Crippen LogP) is 12.2. The fourth-order valence-corrected chi connectivity index (χ4v) is 8.31. The minimum Gasteiger partial charge on any atom is -0.315 e. The number of hydrogen-bond acceptors (Lipinski definition) is 5. The van der Waals surface area contributed by atoms with Crippen molar-refractivity contribution >= 4 is 59.7 Å². The zero-order valence-electron chi connectivity index (χ0n) is 26.9. The highest BCUT2D eigenvalue weighted by molar-refractivity contribution is 7.26. The number of anilines is 2. The van der Waals surface area contributed by atoms with Crippen LogP contribution in [0.4, 0.5) is 11.4 Å². The Hall–Kier alpha value is -6.43. The summed E-state index contributed by atoms with van der Waals surface area (Å²) in [5.74, 6) is 1.97. The second kappa shape index (κ2) is 11.6. The van der Waals surface area contributed by atoms with Crippen LogP contribution in [0, 0.1) is 0 Å². The van der Waals surface area contributed by atoms with E-state index in [1.807, 2.05) is 72.0 Å². The van der Waals surface area contributed by atoms with Gasteiger partial charge in [-0.15, -0.1) is 11.3 Å². The van der Waals surface area contributed by atoms with E-state index in [1.54, 1.807) is 0 Å². The van der Waals surface area contributed by atoms with Gasteiger partial charge in [-0.1, -0.05) is 127 Å². The van der Waals surface area contributed by atoms with Crippen LogP contribution in [0.1, 0.15) is 5.56 Å². The van der Waals surface area contributed by atoms with Gasteiger partial charge in [-0.3, -0.25) is 0 Å². The van der Waals surface area contributed by atoms with Gasteiger partial charge in [0, 0.05) is 49.4 Å². The molecule has 0 radical (unpaired) electrons. The molecular weight excluding hydrogens is 629 g/mol. The van der Waals surface area contributed by atoms with Gasteiger partial charge in [-0.2, -0.15) is 0 Å². The molecule has 0 spiro atoms. The van der Waals surface area contributed by atoms with E-state index in [0.29, 0.717) is 17.5 Å². The smallest absolute Gasteiger partial charge is 0.164 e. The molecule has 50 heavy (non-hydrogen) atoms. The lowest BCUT2D eigenvalue weighted by atomic mass is 9.96. The lowest BCUT2D eigenvalue weighted by molar-refractivity contribution is 1.07. The lowest BCUT2D eigenvalue weighted by Crippen LogP contribution is -2.11. The Labute approximate surface area is 293 Å². The molecular formula is C45H28N4S. The first-order chi connectivity index (χ1) is 24.8. The van der Waals surface area contributed by atoms with E-state index in [4.69, 9.17) is 15.0 Å². The summed E-state index contributed by atoms with van der Waals surface area (Å²) in [5, 5.41) is 5.11. The number of thiophene rings is 1. The van der Waals surface area contributed by atoms with Crippen LogP contribution in [0.25, 0.3) is 82.3 Å². The van der Waals surface area contributed by atoms with E-state index >= 15 is 0 Å². The van der Waals surface area contributed by atoms with Gasteiger partial charge in [0.25, 0.3) is 0 Å². The SMILES string of the molecule is C1=CN(c2ccccc2)c2c3sc4cc(-c5cccc(-c6nc(-c7ccccc7)nc(-c7ccccc7)n6)c5)ccc4c3cc3cccc1c23. The molecule has 0 amide bonds. The Balaban J connectivity index is 1.11. The highest BCUT2D eigenvalue weighted by atomic mass is 32.1.